The molecular formula is C17H17ClNPS. The maximum absolute atomic E-state index is 9.83. The Balaban J connectivity index is 2.73. The summed E-state index contributed by atoms with van der Waals surface area (Å²) < 4.78 is 0. The van der Waals surface area contributed by atoms with E-state index in [1.54, 1.807) is 0 Å². The zero-order valence-corrected chi connectivity index (χ0v) is 14.3. The third kappa shape index (κ3) is 2.92. The van der Waals surface area contributed by atoms with Crippen LogP contribution in [-0.4, -0.2) is 11.0 Å². The lowest BCUT2D eigenvalue weighted by Gasteiger charge is -2.36. The SMILES string of the molecule is CC(C#N)(CCCl)P(=S)(c1ccccc1)c1ccccc1. The van der Waals surface area contributed by atoms with Crippen LogP contribution in [-0.2, 0) is 11.8 Å². The predicted molar refractivity (Wildman–Crippen MR) is 95.8 cm³/mol. The highest BCUT2D eigenvalue weighted by atomic mass is 35.5. The first kappa shape index (κ1) is 16.2. The van der Waals surface area contributed by atoms with Gasteiger partial charge in [0.05, 0.1) is 11.2 Å². The molecule has 0 spiro atoms. The first-order valence-electron chi connectivity index (χ1n) is 6.77. The van der Waals surface area contributed by atoms with Gasteiger partial charge in [0.15, 0.2) is 0 Å². The van der Waals surface area contributed by atoms with Crippen LogP contribution in [0.1, 0.15) is 13.3 Å². The molecule has 108 valence electrons. The molecule has 0 heterocycles. The molecule has 0 bridgehead atoms. The van der Waals surface area contributed by atoms with Crippen molar-refractivity contribution in [2.24, 2.45) is 0 Å². The van der Waals surface area contributed by atoms with Gasteiger partial charge < -0.3 is 0 Å². The van der Waals surface area contributed by atoms with Crippen molar-refractivity contribution in [3.05, 3.63) is 60.7 Å². The Labute approximate surface area is 136 Å². The van der Waals surface area contributed by atoms with Crippen LogP contribution in [0.2, 0.25) is 0 Å². The Bertz CT molecular complexity index is 637. The fourth-order valence-corrected chi connectivity index (χ4v) is 7.29. The van der Waals surface area contributed by atoms with Crippen LogP contribution in [0.4, 0.5) is 0 Å². The summed E-state index contributed by atoms with van der Waals surface area (Å²) in [4.78, 5) is 0. The van der Waals surface area contributed by atoms with E-state index in [-0.39, 0.29) is 0 Å². The molecule has 0 N–H and O–H groups in total. The van der Waals surface area contributed by atoms with Gasteiger partial charge in [0, 0.05) is 11.9 Å². The molecule has 1 nitrogen and oxygen atoms in total. The van der Waals surface area contributed by atoms with E-state index >= 15 is 0 Å². The van der Waals surface area contributed by atoms with Gasteiger partial charge in [0.25, 0.3) is 0 Å². The Morgan fingerprint density at radius 2 is 1.48 bits per heavy atom. The van der Waals surface area contributed by atoms with Crippen molar-refractivity contribution in [3.8, 4) is 6.07 Å². The Kier molecular flexibility index (Phi) is 5.22. The number of nitrogens with zero attached hydrogens (tertiary/aromatic N) is 1. The quantitative estimate of drug-likeness (QED) is 0.609. The van der Waals surface area contributed by atoms with Gasteiger partial charge in [-0.15, -0.1) is 11.6 Å². The molecule has 21 heavy (non-hydrogen) atoms. The monoisotopic (exact) mass is 333 g/mol. The van der Waals surface area contributed by atoms with E-state index in [2.05, 4.69) is 6.07 Å². The van der Waals surface area contributed by atoms with Crippen molar-refractivity contribution in [1.29, 1.82) is 5.26 Å². The second-order valence-corrected chi connectivity index (χ2v) is 10.4. The second kappa shape index (κ2) is 6.75. The molecule has 2 rings (SSSR count). The average molecular weight is 334 g/mol. The largest absolute Gasteiger partial charge is 0.197 e. The number of nitriles is 1. The highest BCUT2D eigenvalue weighted by Gasteiger charge is 2.42. The lowest BCUT2D eigenvalue weighted by molar-refractivity contribution is 0.764. The van der Waals surface area contributed by atoms with Crippen molar-refractivity contribution in [3.63, 3.8) is 0 Å². The van der Waals surface area contributed by atoms with Gasteiger partial charge >= 0.3 is 0 Å². The van der Waals surface area contributed by atoms with Crippen LogP contribution in [0.15, 0.2) is 60.7 Å². The molecule has 0 saturated heterocycles. The molecule has 1 atom stereocenters. The number of rotatable bonds is 5. The number of alkyl halides is 1. The summed E-state index contributed by atoms with van der Waals surface area (Å²) in [6.45, 7) is 1.95. The summed E-state index contributed by atoms with van der Waals surface area (Å²) in [5.41, 5.74) is 0. The van der Waals surface area contributed by atoms with Gasteiger partial charge in [-0.1, -0.05) is 72.5 Å². The van der Waals surface area contributed by atoms with E-state index in [4.69, 9.17) is 23.4 Å². The van der Waals surface area contributed by atoms with Gasteiger partial charge in [-0.3, -0.25) is 0 Å². The topological polar surface area (TPSA) is 23.8 Å². The maximum Gasteiger partial charge on any atom is 0.0920 e. The van der Waals surface area contributed by atoms with Gasteiger partial charge in [-0.05, 0) is 24.0 Å². The van der Waals surface area contributed by atoms with Crippen molar-refractivity contribution < 1.29 is 0 Å². The molecule has 0 saturated carbocycles. The molecule has 0 aliphatic heterocycles. The third-order valence-electron chi connectivity index (χ3n) is 3.76. The van der Waals surface area contributed by atoms with Crippen molar-refractivity contribution in [2.45, 2.75) is 18.5 Å². The lowest BCUT2D eigenvalue weighted by Crippen LogP contribution is -2.34. The minimum Gasteiger partial charge on any atom is -0.197 e. The van der Waals surface area contributed by atoms with Crippen molar-refractivity contribution in [2.75, 3.05) is 5.88 Å². The van der Waals surface area contributed by atoms with Crippen LogP contribution < -0.4 is 10.6 Å². The molecular weight excluding hydrogens is 317 g/mol. The van der Waals surface area contributed by atoms with Crippen LogP contribution in [0.5, 0.6) is 0 Å². The summed E-state index contributed by atoms with van der Waals surface area (Å²) >= 11 is 12.1. The highest BCUT2D eigenvalue weighted by Crippen LogP contribution is 2.57. The summed E-state index contributed by atoms with van der Waals surface area (Å²) in [5.74, 6) is 0.433. The molecule has 1 unspecified atom stereocenters. The number of halogens is 1. The van der Waals surface area contributed by atoms with E-state index in [1.165, 1.54) is 0 Å². The molecule has 4 heteroatoms. The Morgan fingerprint density at radius 3 is 1.81 bits per heavy atom. The number of hydrogen-bond acceptors (Lipinski definition) is 2. The fraction of sp³-hybridized carbons (Fsp3) is 0.235. The van der Waals surface area contributed by atoms with Crippen molar-refractivity contribution >= 4 is 40.1 Å². The average Bonchev–Trinajstić information content (AvgIpc) is 2.55. The molecule has 0 radical (unpaired) electrons. The summed E-state index contributed by atoms with van der Waals surface area (Å²) in [6, 6.07) is 20.2. The molecule has 2 aromatic carbocycles. The predicted octanol–water partition coefficient (Wildman–Crippen LogP) is 4.03. The summed E-state index contributed by atoms with van der Waals surface area (Å²) in [5, 5.41) is 11.3. The molecule has 0 aliphatic carbocycles. The standard InChI is InChI=1S/C17H17ClNPS/c1-17(14-19,12-13-18)20(21,15-8-4-2-5-9-15)16-10-6-3-7-11-16/h2-11H,12-13H2,1H3. The normalized spacial score (nSPS) is 14.1. The van der Waals surface area contributed by atoms with Crippen LogP contribution in [0.25, 0.3) is 0 Å². The molecule has 0 fully saturated rings. The maximum atomic E-state index is 9.83. The van der Waals surface area contributed by atoms with Crippen LogP contribution in [0.3, 0.4) is 0 Å². The highest BCUT2D eigenvalue weighted by molar-refractivity contribution is 8.22. The fourth-order valence-electron chi connectivity index (χ4n) is 2.46. The van der Waals surface area contributed by atoms with Gasteiger partial charge in [0.1, 0.15) is 0 Å². The van der Waals surface area contributed by atoms with E-state index in [9.17, 15) is 5.26 Å². The Hall–Kier alpha value is -1.13. The molecule has 0 amide bonds. The van der Waals surface area contributed by atoms with Gasteiger partial charge in [0.2, 0.25) is 0 Å². The number of hydrogen-bond donors (Lipinski definition) is 0. The summed E-state index contributed by atoms with van der Waals surface area (Å²) in [7, 11) is 0. The first-order valence-corrected chi connectivity index (χ1v) is 10.1. The minimum atomic E-state index is -2.27. The van der Waals surface area contributed by atoms with E-state index in [0.29, 0.717) is 12.3 Å². The summed E-state index contributed by atoms with van der Waals surface area (Å²) in [6.07, 6.45) is 0.589. The van der Waals surface area contributed by atoms with Crippen LogP contribution >= 0.6 is 17.6 Å². The van der Waals surface area contributed by atoms with Crippen molar-refractivity contribution in [1.82, 2.24) is 0 Å². The molecule has 2 aromatic rings. The lowest BCUT2D eigenvalue weighted by atomic mass is 10.1. The zero-order chi connectivity index (χ0) is 15.3. The molecule has 0 aromatic heterocycles. The zero-order valence-electron chi connectivity index (χ0n) is 11.9. The van der Waals surface area contributed by atoms with E-state index < -0.39 is 11.2 Å². The third-order valence-corrected chi connectivity index (χ3v) is 10.2. The second-order valence-electron chi connectivity index (χ2n) is 5.11. The van der Waals surface area contributed by atoms with E-state index in [0.717, 1.165) is 10.6 Å². The number of benzene rings is 2. The van der Waals surface area contributed by atoms with E-state index in [1.807, 2.05) is 67.6 Å². The smallest absolute Gasteiger partial charge is 0.0920 e. The minimum absolute atomic E-state index is 0.433. The first-order chi connectivity index (χ1) is 10.1. The Morgan fingerprint density at radius 1 is 1.05 bits per heavy atom. The van der Waals surface area contributed by atoms with Gasteiger partial charge in [-0.2, -0.15) is 5.26 Å². The van der Waals surface area contributed by atoms with Crippen LogP contribution in [0, 0.1) is 11.3 Å². The molecule has 0 aliphatic rings. The van der Waals surface area contributed by atoms with Gasteiger partial charge in [-0.25, -0.2) is 0 Å².